The minimum absolute atomic E-state index is 0.0923. The molecule has 1 aliphatic rings. The first-order chi connectivity index (χ1) is 9.33. The zero-order valence-corrected chi connectivity index (χ0v) is 11.0. The molecule has 19 heavy (non-hydrogen) atoms. The van der Waals surface area contributed by atoms with Gasteiger partial charge in [0.1, 0.15) is 6.10 Å². The van der Waals surface area contributed by atoms with Gasteiger partial charge in [-0.1, -0.05) is 6.07 Å². The van der Waals surface area contributed by atoms with Crippen molar-refractivity contribution in [1.29, 1.82) is 0 Å². The molecule has 0 radical (unpaired) electrons. The summed E-state index contributed by atoms with van der Waals surface area (Å²) in [5, 5.41) is 3.34. The molecular weight excluding hydrogens is 240 g/mol. The third-order valence-electron chi connectivity index (χ3n) is 3.33. The minimum atomic E-state index is 0.0923. The van der Waals surface area contributed by atoms with E-state index in [0.717, 1.165) is 37.6 Å². The second kappa shape index (κ2) is 5.50. The Morgan fingerprint density at radius 1 is 1.42 bits per heavy atom. The number of pyridine rings is 1. The van der Waals surface area contributed by atoms with Crippen LogP contribution >= 0.6 is 0 Å². The molecule has 0 bridgehead atoms. The molecule has 0 aliphatic carbocycles. The summed E-state index contributed by atoms with van der Waals surface area (Å²) in [6.45, 7) is 5.29. The third kappa shape index (κ3) is 2.83. The van der Waals surface area contributed by atoms with E-state index in [0.29, 0.717) is 0 Å². The topological polar surface area (TPSA) is 52.0 Å². The van der Waals surface area contributed by atoms with Gasteiger partial charge in [0, 0.05) is 25.0 Å². The molecule has 0 aromatic carbocycles. The molecule has 1 saturated heterocycles. The highest BCUT2D eigenvalue weighted by Crippen LogP contribution is 2.19. The Labute approximate surface area is 112 Å². The van der Waals surface area contributed by atoms with Gasteiger partial charge in [0.05, 0.1) is 31.4 Å². The fourth-order valence-corrected chi connectivity index (χ4v) is 2.28. The van der Waals surface area contributed by atoms with Gasteiger partial charge in [-0.25, -0.2) is 4.98 Å². The summed E-state index contributed by atoms with van der Waals surface area (Å²) in [7, 11) is 0. The zero-order chi connectivity index (χ0) is 13.1. The highest BCUT2D eigenvalue weighted by atomic mass is 16.5. The maximum atomic E-state index is 5.78. The van der Waals surface area contributed by atoms with Crippen molar-refractivity contribution in [1.82, 2.24) is 19.9 Å². The van der Waals surface area contributed by atoms with Crippen molar-refractivity contribution in [3.63, 3.8) is 0 Å². The number of rotatable bonds is 3. The number of morpholine rings is 1. The van der Waals surface area contributed by atoms with E-state index in [2.05, 4.69) is 25.9 Å². The van der Waals surface area contributed by atoms with Gasteiger partial charge in [0.25, 0.3) is 0 Å². The summed E-state index contributed by atoms with van der Waals surface area (Å²) in [6.07, 6.45) is 5.75. The van der Waals surface area contributed by atoms with E-state index in [9.17, 15) is 0 Å². The molecule has 3 rings (SSSR count). The maximum absolute atomic E-state index is 5.78. The molecule has 2 aromatic rings. The van der Waals surface area contributed by atoms with E-state index in [1.807, 2.05) is 31.7 Å². The molecule has 1 N–H and O–H groups in total. The van der Waals surface area contributed by atoms with Gasteiger partial charge in [-0.2, -0.15) is 0 Å². The van der Waals surface area contributed by atoms with Gasteiger partial charge in [-0.3, -0.25) is 4.98 Å². The average Bonchev–Trinajstić information content (AvgIpc) is 2.90. The number of hydrogen-bond donors (Lipinski definition) is 1. The van der Waals surface area contributed by atoms with Crippen molar-refractivity contribution in [2.45, 2.75) is 19.6 Å². The molecule has 1 unspecified atom stereocenters. The van der Waals surface area contributed by atoms with Crippen LogP contribution in [0.4, 0.5) is 0 Å². The minimum Gasteiger partial charge on any atom is -0.369 e. The van der Waals surface area contributed by atoms with E-state index in [4.69, 9.17) is 4.74 Å². The number of imidazole rings is 1. The van der Waals surface area contributed by atoms with Crippen molar-refractivity contribution in [3.8, 4) is 0 Å². The summed E-state index contributed by atoms with van der Waals surface area (Å²) in [6, 6.07) is 4.14. The van der Waals surface area contributed by atoms with Crippen LogP contribution in [0.5, 0.6) is 0 Å². The molecule has 1 aliphatic heterocycles. The normalized spacial score (nSPS) is 19.5. The lowest BCUT2D eigenvalue weighted by atomic mass is 10.2. The molecular formula is C14H18N4O. The van der Waals surface area contributed by atoms with Crippen molar-refractivity contribution >= 4 is 0 Å². The number of nitrogens with one attached hydrogen (secondary N) is 1. The number of nitrogens with zero attached hydrogens (tertiary/aromatic N) is 3. The van der Waals surface area contributed by atoms with Crippen LogP contribution in [0, 0.1) is 6.92 Å². The molecule has 0 amide bonds. The Morgan fingerprint density at radius 3 is 3.11 bits per heavy atom. The van der Waals surface area contributed by atoms with Crippen LogP contribution in [-0.4, -0.2) is 34.2 Å². The predicted octanol–water partition coefficient (Wildman–Crippen LogP) is 1.30. The van der Waals surface area contributed by atoms with Crippen LogP contribution < -0.4 is 5.32 Å². The molecule has 5 nitrogen and oxygen atoms in total. The van der Waals surface area contributed by atoms with E-state index >= 15 is 0 Å². The van der Waals surface area contributed by atoms with Gasteiger partial charge in [-0.15, -0.1) is 0 Å². The Kier molecular flexibility index (Phi) is 3.57. The van der Waals surface area contributed by atoms with Gasteiger partial charge in [-0.05, 0) is 18.6 Å². The van der Waals surface area contributed by atoms with Crippen molar-refractivity contribution in [2.24, 2.45) is 0 Å². The van der Waals surface area contributed by atoms with Crippen molar-refractivity contribution < 1.29 is 4.74 Å². The summed E-state index contributed by atoms with van der Waals surface area (Å²) in [5.74, 6) is 0. The Morgan fingerprint density at radius 2 is 2.37 bits per heavy atom. The lowest BCUT2D eigenvalue weighted by molar-refractivity contribution is 0.0230. The molecule has 1 atom stereocenters. The SMILES string of the molecule is Cc1ccc(Cn2cncc2C2CNCCO2)cn1. The lowest BCUT2D eigenvalue weighted by Crippen LogP contribution is -2.34. The van der Waals surface area contributed by atoms with Gasteiger partial charge < -0.3 is 14.6 Å². The Hall–Kier alpha value is -1.72. The van der Waals surface area contributed by atoms with Crippen LogP contribution in [0.25, 0.3) is 0 Å². The first-order valence-corrected chi connectivity index (χ1v) is 6.57. The highest BCUT2D eigenvalue weighted by Gasteiger charge is 2.19. The fourth-order valence-electron chi connectivity index (χ4n) is 2.28. The molecule has 100 valence electrons. The standard InChI is InChI=1S/C14H18N4O/c1-11-2-3-12(6-17-11)9-18-10-16-7-13(18)14-8-15-4-5-19-14/h2-3,6-7,10,14-15H,4-5,8-9H2,1H3. The van der Waals surface area contributed by atoms with Gasteiger partial charge >= 0.3 is 0 Å². The summed E-state index contributed by atoms with van der Waals surface area (Å²) >= 11 is 0. The number of aryl methyl sites for hydroxylation is 1. The van der Waals surface area contributed by atoms with Crippen LogP contribution in [0.15, 0.2) is 30.9 Å². The van der Waals surface area contributed by atoms with Crippen molar-refractivity contribution in [2.75, 3.05) is 19.7 Å². The quantitative estimate of drug-likeness (QED) is 0.901. The monoisotopic (exact) mass is 258 g/mol. The smallest absolute Gasteiger partial charge is 0.111 e. The molecule has 3 heterocycles. The number of aromatic nitrogens is 3. The van der Waals surface area contributed by atoms with Crippen LogP contribution in [-0.2, 0) is 11.3 Å². The van der Waals surface area contributed by atoms with E-state index in [1.54, 1.807) is 0 Å². The molecule has 0 saturated carbocycles. The molecule has 2 aromatic heterocycles. The van der Waals surface area contributed by atoms with Crippen LogP contribution in [0.3, 0.4) is 0 Å². The fraction of sp³-hybridized carbons (Fsp3) is 0.429. The number of hydrogen-bond acceptors (Lipinski definition) is 4. The summed E-state index contributed by atoms with van der Waals surface area (Å²) in [4.78, 5) is 8.57. The van der Waals surface area contributed by atoms with E-state index in [1.165, 1.54) is 5.56 Å². The van der Waals surface area contributed by atoms with Crippen LogP contribution in [0.2, 0.25) is 0 Å². The van der Waals surface area contributed by atoms with Crippen molar-refractivity contribution in [3.05, 3.63) is 47.8 Å². The highest BCUT2D eigenvalue weighted by molar-refractivity contribution is 5.15. The second-order valence-electron chi connectivity index (χ2n) is 4.82. The first-order valence-electron chi connectivity index (χ1n) is 6.57. The lowest BCUT2D eigenvalue weighted by Gasteiger charge is -2.24. The second-order valence-corrected chi connectivity index (χ2v) is 4.82. The Balaban J connectivity index is 1.77. The zero-order valence-electron chi connectivity index (χ0n) is 11.0. The third-order valence-corrected chi connectivity index (χ3v) is 3.33. The first kappa shape index (κ1) is 12.3. The van der Waals surface area contributed by atoms with E-state index < -0.39 is 0 Å². The van der Waals surface area contributed by atoms with E-state index in [-0.39, 0.29) is 6.10 Å². The van der Waals surface area contributed by atoms with Gasteiger partial charge in [0.15, 0.2) is 0 Å². The molecule has 5 heteroatoms. The largest absolute Gasteiger partial charge is 0.369 e. The predicted molar refractivity (Wildman–Crippen MR) is 71.9 cm³/mol. The van der Waals surface area contributed by atoms with Gasteiger partial charge in [0.2, 0.25) is 0 Å². The summed E-state index contributed by atoms with van der Waals surface area (Å²) in [5.41, 5.74) is 3.33. The van der Waals surface area contributed by atoms with Crippen LogP contribution in [0.1, 0.15) is 23.1 Å². The Bertz CT molecular complexity index is 529. The number of ether oxygens (including phenoxy) is 1. The molecule has 1 fully saturated rings. The molecule has 0 spiro atoms. The maximum Gasteiger partial charge on any atom is 0.111 e. The average molecular weight is 258 g/mol. The summed E-state index contributed by atoms with van der Waals surface area (Å²) < 4.78 is 7.91.